The quantitative estimate of drug-likeness (QED) is 0.309. The minimum Gasteiger partial charge on any atom is -0.481 e. The highest BCUT2D eigenvalue weighted by atomic mass is 32.2. The van der Waals surface area contributed by atoms with Crippen LogP contribution in [0.4, 0.5) is 0 Å². The summed E-state index contributed by atoms with van der Waals surface area (Å²) in [7, 11) is -5.13. The van der Waals surface area contributed by atoms with Crippen molar-refractivity contribution in [2.24, 2.45) is 5.41 Å². The summed E-state index contributed by atoms with van der Waals surface area (Å²) in [6, 6.07) is 0. The van der Waals surface area contributed by atoms with Crippen LogP contribution in [-0.2, 0) is 19.7 Å². The van der Waals surface area contributed by atoms with E-state index in [9.17, 15) is 32.8 Å². The lowest BCUT2D eigenvalue weighted by Gasteiger charge is -2.40. The molecule has 0 aliphatic carbocycles. The van der Waals surface area contributed by atoms with Gasteiger partial charge in [-0.05, 0) is 19.8 Å². The molecule has 0 radical (unpaired) electrons. The maximum Gasteiger partial charge on any atom is 0.328 e. The smallest absolute Gasteiger partial charge is 0.328 e. The zero-order valence-corrected chi connectivity index (χ0v) is 16.3. The topological polar surface area (TPSA) is 129 Å². The largest absolute Gasteiger partial charge is 0.481 e. The van der Waals surface area contributed by atoms with Crippen molar-refractivity contribution < 1.29 is 32.8 Å². The van der Waals surface area contributed by atoms with Crippen molar-refractivity contribution in [3.63, 3.8) is 0 Å². The molecule has 0 aromatic carbocycles. The third-order valence-corrected chi connectivity index (χ3v) is 6.76. The van der Waals surface area contributed by atoms with Gasteiger partial charge in [0, 0.05) is 0 Å². The van der Waals surface area contributed by atoms with Crippen molar-refractivity contribution in [1.82, 2.24) is 0 Å². The molecular weight excluding hydrogens is 348 g/mol. The number of carboxylic acids is 2. The van der Waals surface area contributed by atoms with Crippen LogP contribution in [0.15, 0.2) is 0 Å². The molecule has 0 bridgehead atoms. The molecule has 0 aliphatic rings. The van der Waals surface area contributed by atoms with Crippen molar-refractivity contribution in [2.45, 2.75) is 89.7 Å². The molecule has 25 heavy (non-hydrogen) atoms. The van der Waals surface area contributed by atoms with Gasteiger partial charge in [-0.2, -0.15) is 8.42 Å². The maximum absolute atomic E-state index is 12.1. The van der Waals surface area contributed by atoms with E-state index in [1.165, 1.54) is 0 Å². The molecule has 0 saturated carbocycles. The normalized spacial score (nSPS) is 14.9. The number of carboxylic acid groups (broad SMARTS) is 2. The highest BCUT2D eigenvalue weighted by Gasteiger charge is 2.65. The van der Waals surface area contributed by atoms with Crippen molar-refractivity contribution in [3.05, 3.63) is 0 Å². The van der Waals surface area contributed by atoms with Gasteiger partial charge in [0.1, 0.15) is 5.41 Å². The zero-order valence-electron chi connectivity index (χ0n) is 15.5. The summed E-state index contributed by atoms with van der Waals surface area (Å²) >= 11 is 0. The first-order chi connectivity index (χ1) is 11.5. The number of carbonyl (C=O) groups is 2. The van der Waals surface area contributed by atoms with Crippen LogP contribution in [0, 0.1) is 5.41 Å². The zero-order chi connectivity index (χ0) is 19.7. The van der Waals surface area contributed by atoms with Crippen LogP contribution >= 0.6 is 0 Å². The molecule has 0 aromatic heterocycles. The third kappa shape index (κ3) is 5.41. The summed E-state index contributed by atoms with van der Waals surface area (Å²) in [6.45, 7) is 4.78. The van der Waals surface area contributed by atoms with Gasteiger partial charge >= 0.3 is 11.9 Å². The number of aliphatic carboxylic acids is 2. The first-order valence-electron chi connectivity index (χ1n) is 8.95. The molecular formula is C17H32O7S. The van der Waals surface area contributed by atoms with Crippen LogP contribution < -0.4 is 0 Å². The van der Waals surface area contributed by atoms with Crippen LogP contribution in [-0.4, -0.2) is 39.9 Å². The van der Waals surface area contributed by atoms with E-state index in [0.29, 0.717) is 25.7 Å². The Balaban J connectivity index is 5.94. The van der Waals surface area contributed by atoms with E-state index >= 15 is 0 Å². The number of hydrogen-bond donors (Lipinski definition) is 3. The molecule has 0 spiro atoms. The van der Waals surface area contributed by atoms with Crippen LogP contribution in [0.2, 0.25) is 0 Å². The molecule has 1 unspecified atom stereocenters. The highest BCUT2D eigenvalue weighted by Crippen LogP contribution is 2.46. The van der Waals surface area contributed by atoms with Gasteiger partial charge in [-0.1, -0.05) is 65.2 Å². The van der Waals surface area contributed by atoms with E-state index in [1.807, 2.05) is 13.8 Å². The number of hydrogen-bond acceptors (Lipinski definition) is 4. The lowest BCUT2D eigenvalue weighted by Crippen LogP contribution is -2.60. The molecule has 0 saturated heterocycles. The van der Waals surface area contributed by atoms with E-state index in [-0.39, 0.29) is 12.8 Å². The Morgan fingerprint density at radius 2 is 1.20 bits per heavy atom. The van der Waals surface area contributed by atoms with E-state index < -0.39 is 32.2 Å². The summed E-state index contributed by atoms with van der Waals surface area (Å²) in [5, 5.41) is 19.4. The summed E-state index contributed by atoms with van der Waals surface area (Å²) in [5.74, 6) is -3.31. The van der Waals surface area contributed by atoms with Gasteiger partial charge in [-0.15, -0.1) is 0 Å². The van der Waals surface area contributed by atoms with E-state index in [4.69, 9.17) is 0 Å². The van der Waals surface area contributed by atoms with E-state index in [2.05, 4.69) is 0 Å². The van der Waals surface area contributed by atoms with Crippen molar-refractivity contribution in [1.29, 1.82) is 0 Å². The molecule has 0 aliphatic heterocycles. The summed E-state index contributed by atoms with van der Waals surface area (Å²) in [6.07, 6.45) is 5.47. The van der Waals surface area contributed by atoms with Crippen LogP contribution in [0.1, 0.15) is 85.0 Å². The van der Waals surface area contributed by atoms with Gasteiger partial charge in [0.15, 0.2) is 0 Å². The minimum atomic E-state index is -5.13. The van der Waals surface area contributed by atoms with Crippen LogP contribution in [0.25, 0.3) is 0 Å². The molecule has 8 heteroatoms. The maximum atomic E-state index is 12.1. The molecule has 0 fully saturated rings. The Labute approximate surface area is 150 Å². The molecule has 1 atom stereocenters. The predicted molar refractivity (Wildman–Crippen MR) is 95.2 cm³/mol. The molecule has 3 N–H and O–H groups in total. The summed E-state index contributed by atoms with van der Waals surface area (Å²) in [4.78, 5) is 23.9. The standard InChI is InChI=1S/C17H32O7S/c1-4-6-8-10-12-17(15(20)21,13-11-9-7-5-2)16(3,14(18)19)25(22,23)24/h4-13H2,1-3H3,(H,18,19)(H,20,21)(H,22,23,24). The predicted octanol–water partition coefficient (Wildman–Crippen LogP) is 3.73. The fraction of sp³-hybridized carbons (Fsp3) is 0.882. The fourth-order valence-corrected chi connectivity index (χ4v) is 4.29. The van der Waals surface area contributed by atoms with Gasteiger partial charge in [-0.3, -0.25) is 14.1 Å². The van der Waals surface area contributed by atoms with Crippen molar-refractivity contribution >= 4 is 22.1 Å². The van der Waals surface area contributed by atoms with Gasteiger partial charge in [0.2, 0.25) is 4.75 Å². The SMILES string of the molecule is CCCCCCC(CCCCCC)(C(=O)O)C(C)(C(=O)O)S(=O)(=O)O. The molecule has 0 heterocycles. The van der Waals surface area contributed by atoms with Gasteiger partial charge < -0.3 is 10.2 Å². The third-order valence-electron chi connectivity index (χ3n) is 5.16. The number of rotatable bonds is 14. The molecule has 0 aromatic rings. The van der Waals surface area contributed by atoms with Crippen molar-refractivity contribution in [3.8, 4) is 0 Å². The van der Waals surface area contributed by atoms with Crippen molar-refractivity contribution in [2.75, 3.05) is 0 Å². The molecule has 148 valence electrons. The first-order valence-corrected chi connectivity index (χ1v) is 10.4. The molecule has 0 rings (SSSR count). The first kappa shape index (κ1) is 23.9. The average Bonchev–Trinajstić information content (AvgIpc) is 2.51. The Bertz CT molecular complexity index is 529. The van der Waals surface area contributed by atoms with Gasteiger partial charge in [0.25, 0.3) is 10.1 Å². The highest BCUT2D eigenvalue weighted by molar-refractivity contribution is 7.88. The Kier molecular flexibility index (Phi) is 9.64. The second-order valence-electron chi connectivity index (χ2n) is 6.82. The van der Waals surface area contributed by atoms with E-state index in [1.54, 1.807) is 0 Å². The lowest BCUT2D eigenvalue weighted by atomic mass is 9.68. The molecule has 7 nitrogen and oxygen atoms in total. The average molecular weight is 381 g/mol. The summed E-state index contributed by atoms with van der Waals surface area (Å²) in [5.41, 5.74) is -2.06. The van der Waals surface area contributed by atoms with Gasteiger partial charge in [-0.25, -0.2) is 0 Å². The molecule has 0 amide bonds. The Morgan fingerprint density at radius 1 is 0.800 bits per heavy atom. The van der Waals surface area contributed by atoms with Crippen LogP contribution in [0.3, 0.4) is 0 Å². The lowest BCUT2D eigenvalue weighted by molar-refractivity contribution is -0.161. The second kappa shape index (κ2) is 10.1. The summed E-state index contributed by atoms with van der Waals surface area (Å²) < 4.78 is 30.7. The number of unbranched alkanes of at least 4 members (excludes halogenated alkanes) is 6. The van der Waals surface area contributed by atoms with Crippen LogP contribution in [0.5, 0.6) is 0 Å². The monoisotopic (exact) mass is 380 g/mol. The van der Waals surface area contributed by atoms with E-state index in [0.717, 1.165) is 32.6 Å². The fourth-order valence-electron chi connectivity index (χ4n) is 3.29. The Morgan fingerprint density at radius 3 is 1.44 bits per heavy atom. The van der Waals surface area contributed by atoms with Gasteiger partial charge in [0.05, 0.1) is 0 Å². The Hall–Kier alpha value is -1.15. The second-order valence-corrected chi connectivity index (χ2v) is 8.59. The minimum absolute atomic E-state index is 0.100.